The predicted molar refractivity (Wildman–Crippen MR) is 46.6 cm³/mol. The average Bonchev–Trinajstić information content (AvgIpc) is 2.06. The van der Waals surface area contributed by atoms with E-state index >= 15 is 0 Å². The molecule has 0 unspecified atom stereocenters. The first-order chi connectivity index (χ1) is 5.38. The van der Waals surface area contributed by atoms with Crippen LogP contribution in [0.2, 0.25) is 0 Å². The molecule has 1 aromatic carbocycles. The molecule has 0 aromatic heterocycles. The molecule has 1 rings (SSSR count). The van der Waals surface area contributed by atoms with Gasteiger partial charge < -0.3 is 4.74 Å². The van der Waals surface area contributed by atoms with E-state index in [1.807, 2.05) is 31.2 Å². The summed E-state index contributed by atoms with van der Waals surface area (Å²) in [5.74, 6) is 1.33. The van der Waals surface area contributed by atoms with Crippen molar-refractivity contribution in [1.29, 1.82) is 0 Å². The summed E-state index contributed by atoms with van der Waals surface area (Å²) < 4.78 is 5.22. The van der Waals surface area contributed by atoms with Gasteiger partial charge in [-0.3, -0.25) is 0 Å². The van der Waals surface area contributed by atoms with Gasteiger partial charge in [-0.05, 0) is 13.0 Å². The fraction of sp³-hybridized carbons (Fsp3) is 0.222. The first kappa shape index (κ1) is 8.41. The molecule has 0 aliphatic carbocycles. The van der Waals surface area contributed by atoms with Gasteiger partial charge in [0.15, 0.2) is 0 Å². The van der Waals surface area contributed by atoms with Gasteiger partial charge in [-0.2, -0.15) is 0 Å². The van der Waals surface area contributed by atoms with Gasteiger partial charge in [0.25, 0.3) is 0 Å². The topological polar surface area (TPSA) is 9.23 Å². The number of hydrogen-bond acceptors (Lipinski definition) is 1. The van der Waals surface area contributed by atoms with Crippen molar-refractivity contribution in [3.8, 4) is 5.75 Å². The van der Waals surface area contributed by atoms with Crippen LogP contribution in [0.3, 0.4) is 0 Å². The zero-order valence-corrected chi connectivity index (χ0v) is 7.14. The molecule has 0 amide bonds. The molecule has 0 aliphatic rings. The lowest BCUT2D eigenvalue weighted by molar-refractivity contribution is 0.413. The van der Waals surface area contributed by atoms with Gasteiger partial charge in [0.1, 0.15) is 12.4 Å². The largest absolute Gasteiger partial charge is 0.487 e. The maximum atomic E-state index is 5.67. The molecule has 1 radical (unpaired) electrons. The molecule has 0 saturated carbocycles. The SMILES string of the molecule is C[CH]Oc1ccccc1CCl. The molecular weight excluding hydrogens is 160 g/mol. The van der Waals surface area contributed by atoms with Gasteiger partial charge >= 0.3 is 0 Å². The zero-order valence-electron chi connectivity index (χ0n) is 6.38. The highest BCUT2D eigenvalue weighted by atomic mass is 35.5. The zero-order chi connectivity index (χ0) is 8.10. The van der Waals surface area contributed by atoms with Crippen molar-refractivity contribution in [2.24, 2.45) is 0 Å². The summed E-state index contributed by atoms with van der Waals surface area (Å²) in [6.45, 7) is 3.48. The van der Waals surface area contributed by atoms with E-state index < -0.39 is 0 Å². The third-order valence-electron chi connectivity index (χ3n) is 1.36. The smallest absolute Gasteiger partial charge is 0.132 e. The first-order valence-corrected chi connectivity index (χ1v) is 4.00. The van der Waals surface area contributed by atoms with E-state index in [0.29, 0.717) is 5.88 Å². The van der Waals surface area contributed by atoms with Gasteiger partial charge in [0, 0.05) is 5.56 Å². The lowest BCUT2D eigenvalue weighted by Crippen LogP contribution is -1.89. The third kappa shape index (κ3) is 2.12. The average molecular weight is 170 g/mol. The van der Waals surface area contributed by atoms with Crippen molar-refractivity contribution >= 4 is 11.6 Å². The number of benzene rings is 1. The van der Waals surface area contributed by atoms with E-state index in [-0.39, 0.29) is 0 Å². The molecule has 2 heteroatoms. The van der Waals surface area contributed by atoms with Crippen molar-refractivity contribution in [1.82, 2.24) is 0 Å². The lowest BCUT2D eigenvalue weighted by Gasteiger charge is -2.05. The highest BCUT2D eigenvalue weighted by Crippen LogP contribution is 2.19. The van der Waals surface area contributed by atoms with Crippen molar-refractivity contribution in [2.75, 3.05) is 0 Å². The summed E-state index contributed by atoms with van der Waals surface area (Å²) in [5.41, 5.74) is 1.02. The molecule has 0 aliphatic heterocycles. The number of halogens is 1. The monoisotopic (exact) mass is 169 g/mol. The number of rotatable bonds is 3. The van der Waals surface area contributed by atoms with E-state index in [1.165, 1.54) is 0 Å². The fourth-order valence-corrected chi connectivity index (χ4v) is 1.08. The Balaban J connectivity index is 2.83. The van der Waals surface area contributed by atoms with Crippen LogP contribution >= 0.6 is 11.6 Å². The van der Waals surface area contributed by atoms with Crippen LogP contribution in [0.4, 0.5) is 0 Å². The van der Waals surface area contributed by atoms with Gasteiger partial charge in [-0.1, -0.05) is 18.2 Å². The van der Waals surface area contributed by atoms with Crippen LogP contribution in [-0.2, 0) is 5.88 Å². The van der Waals surface area contributed by atoms with Crippen LogP contribution in [0.15, 0.2) is 24.3 Å². The van der Waals surface area contributed by atoms with Crippen molar-refractivity contribution in [3.63, 3.8) is 0 Å². The molecule has 11 heavy (non-hydrogen) atoms. The van der Waals surface area contributed by atoms with E-state index in [4.69, 9.17) is 16.3 Å². The number of para-hydroxylation sites is 1. The minimum Gasteiger partial charge on any atom is -0.487 e. The highest BCUT2D eigenvalue weighted by molar-refractivity contribution is 6.17. The fourth-order valence-electron chi connectivity index (χ4n) is 0.856. The molecule has 0 saturated heterocycles. The van der Waals surface area contributed by atoms with Crippen molar-refractivity contribution < 1.29 is 4.74 Å². The second-order valence-electron chi connectivity index (χ2n) is 2.09. The number of alkyl halides is 1. The van der Waals surface area contributed by atoms with Crippen LogP contribution in [0.5, 0.6) is 5.75 Å². The lowest BCUT2D eigenvalue weighted by atomic mass is 10.2. The molecule has 0 spiro atoms. The number of hydrogen-bond donors (Lipinski definition) is 0. The minimum atomic E-state index is 0.490. The predicted octanol–water partition coefficient (Wildman–Crippen LogP) is 2.99. The quantitative estimate of drug-likeness (QED) is 0.633. The summed E-state index contributed by atoms with van der Waals surface area (Å²) >= 11 is 5.67. The standard InChI is InChI=1S/C9H10ClO/c1-2-11-9-6-4-3-5-8(9)7-10/h2-6H,7H2,1H3. The summed E-state index contributed by atoms with van der Waals surface area (Å²) in [7, 11) is 0. The Morgan fingerprint density at radius 3 is 2.82 bits per heavy atom. The Morgan fingerprint density at radius 1 is 1.45 bits per heavy atom. The molecule has 0 fully saturated rings. The normalized spacial score (nSPS) is 9.64. The molecule has 1 aromatic rings. The summed E-state index contributed by atoms with van der Waals surface area (Å²) in [6.07, 6.45) is 0. The van der Waals surface area contributed by atoms with E-state index in [9.17, 15) is 0 Å². The summed E-state index contributed by atoms with van der Waals surface area (Å²) in [6, 6.07) is 7.72. The molecule has 1 nitrogen and oxygen atoms in total. The highest BCUT2D eigenvalue weighted by Gasteiger charge is 1.98. The second kappa shape index (κ2) is 4.24. The van der Waals surface area contributed by atoms with Gasteiger partial charge in [0.2, 0.25) is 0 Å². The Hall–Kier alpha value is -0.690. The Labute approximate surface area is 71.9 Å². The van der Waals surface area contributed by atoms with E-state index in [1.54, 1.807) is 6.61 Å². The van der Waals surface area contributed by atoms with Gasteiger partial charge in [-0.15, -0.1) is 11.6 Å². The molecule has 0 heterocycles. The minimum absolute atomic E-state index is 0.490. The van der Waals surface area contributed by atoms with Crippen LogP contribution in [0.1, 0.15) is 12.5 Å². The number of ether oxygens (including phenoxy) is 1. The third-order valence-corrected chi connectivity index (χ3v) is 1.65. The Kier molecular flexibility index (Phi) is 3.24. The van der Waals surface area contributed by atoms with Gasteiger partial charge in [-0.25, -0.2) is 0 Å². The summed E-state index contributed by atoms with van der Waals surface area (Å²) in [4.78, 5) is 0. The molecular formula is C9H10ClO. The van der Waals surface area contributed by atoms with E-state index in [0.717, 1.165) is 11.3 Å². The molecule has 0 N–H and O–H groups in total. The Bertz CT molecular complexity index is 223. The van der Waals surface area contributed by atoms with Crippen LogP contribution in [0, 0.1) is 6.61 Å². The van der Waals surface area contributed by atoms with Crippen LogP contribution in [-0.4, -0.2) is 0 Å². The van der Waals surface area contributed by atoms with Gasteiger partial charge in [0.05, 0.1) is 5.88 Å². The van der Waals surface area contributed by atoms with Crippen LogP contribution < -0.4 is 4.74 Å². The van der Waals surface area contributed by atoms with Crippen molar-refractivity contribution in [3.05, 3.63) is 36.4 Å². The molecule has 59 valence electrons. The van der Waals surface area contributed by atoms with Crippen LogP contribution in [0.25, 0.3) is 0 Å². The molecule has 0 bridgehead atoms. The maximum absolute atomic E-state index is 5.67. The first-order valence-electron chi connectivity index (χ1n) is 3.47. The summed E-state index contributed by atoms with van der Waals surface area (Å²) in [5, 5.41) is 0. The second-order valence-corrected chi connectivity index (χ2v) is 2.36. The van der Waals surface area contributed by atoms with Crippen molar-refractivity contribution in [2.45, 2.75) is 12.8 Å². The molecule has 0 atom stereocenters. The maximum Gasteiger partial charge on any atom is 0.132 e. The van der Waals surface area contributed by atoms with E-state index in [2.05, 4.69) is 0 Å². The Morgan fingerprint density at radius 2 is 2.18 bits per heavy atom.